The first-order valence-corrected chi connectivity index (χ1v) is 6.68. The molecule has 0 fully saturated rings. The van der Waals surface area contributed by atoms with Crippen LogP contribution >= 0.6 is 20.7 Å². The molecule has 0 radical (unpaired) electrons. The Morgan fingerprint density at radius 2 is 1.83 bits per heavy atom. The Hall–Kier alpha value is 0.01000. The SMILES string of the molecule is CC(C)C1=CN=C(C(C)C)I=C1. The zero-order valence-electron chi connectivity index (χ0n) is 8.13. The maximum Gasteiger partial charge on any atom is 0.0754 e. The molecular formula is C10H16IN. The van der Waals surface area contributed by atoms with Gasteiger partial charge in [-0.2, -0.15) is 0 Å². The van der Waals surface area contributed by atoms with Gasteiger partial charge >= 0.3 is 0 Å². The molecule has 0 amide bonds. The number of allylic oxidation sites excluding steroid dienone is 1. The highest BCUT2D eigenvalue weighted by Crippen LogP contribution is 2.20. The predicted molar refractivity (Wildman–Crippen MR) is 65.3 cm³/mol. The molecule has 0 bridgehead atoms. The van der Waals surface area contributed by atoms with E-state index in [1.807, 2.05) is 6.20 Å². The molecule has 0 aliphatic carbocycles. The Kier molecular flexibility index (Phi) is 3.62. The number of nitrogens with zero attached hydrogens (tertiary/aromatic N) is 1. The topological polar surface area (TPSA) is 12.4 Å². The molecule has 0 aromatic carbocycles. The fourth-order valence-corrected chi connectivity index (χ4v) is 3.44. The van der Waals surface area contributed by atoms with Crippen molar-refractivity contribution in [1.82, 2.24) is 0 Å². The number of hydrogen-bond donors (Lipinski definition) is 0. The van der Waals surface area contributed by atoms with Crippen molar-refractivity contribution in [3.05, 3.63) is 11.8 Å². The van der Waals surface area contributed by atoms with Crippen LogP contribution in [0.4, 0.5) is 0 Å². The summed E-state index contributed by atoms with van der Waals surface area (Å²) in [7, 11) is 0. The fourth-order valence-electron chi connectivity index (χ4n) is 0.862. The Morgan fingerprint density at radius 3 is 2.17 bits per heavy atom. The molecule has 1 aliphatic rings. The Labute approximate surface area is 84.7 Å². The minimum Gasteiger partial charge on any atom is -0.255 e. The van der Waals surface area contributed by atoms with E-state index in [1.54, 1.807) is 0 Å². The summed E-state index contributed by atoms with van der Waals surface area (Å²) in [5.74, 6) is 1.28. The van der Waals surface area contributed by atoms with Gasteiger partial charge in [0.2, 0.25) is 0 Å². The lowest BCUT2D eigenvalue weighted by Crippen LogP contribution is -2.04. The summed E-state index contributed by atoms with van der Waals surface area (Å²) in [6, 6.07) is 0. The predicted octanol–water partition coefficient (Wildman–Crippen LogP) is 3.37. The van der Waals surface area contributed by atoms with Gasteiger partial charge < -0.3 is 0 Å². The van der Waals surface area contributed by atoms with Crippen molar-refractivity contribution in [2.45, 2.75) is 27.7 Å². The van der Waals surface area contributed by atoms with Gasteiger partial charge in [0.25, 0.3) is 0 Å². The van der Waals surface area contributed by atoms with Crippen LogP contribution in [0.3, 0.4) is 0 Å². The second-order valence-electron chi connectivity index (χ2n) is 3.61. The fraction of sp³-hybridized carbons (Fsp3) is 0.600. The smallest absolute Gasteiger partial charge is 0.0754 e. The zero-order valence-corrected chi connectivity index (χ0v) is 10.3. The molecule has 0 spiro atoms. The van der Waals surface area contributed by atoms with Crippen molar-refractivity contribution < 1.29 is 0 Å². The molecule has 0 aromatic rings. The van der Waals surface area contributed by atoms with Gasteiger partial charge in [0, 0.05) is 12.1 Å². The van der Waals surface area contributed by atoms with Crippen molar-refractivity contribution in [2.75, 3.05) is 0 Å². The molecule has 1 nitrogen and oxygen atoms in total. The number of aliphatic imine (C=N–C) groups is 1. The summed E-state index contributed by atoms with van der Waals surface area (Å²) in [6.45, 7) is 8.89. The standard InChI is InChI=1S/C10H16IN/c1-7(2)9-5-11-10(8(3)4)12-6-9/h5-8H,1-4H3. The van der Waals surface area contributed by atoms with E-state index >= 15 is 0 Å². The van der Waals surface area contributed by atoms with E-state index in [0.717, 1.165) is 0 Å². The van der Waals surface area contributed by atoms with Crippen molar-refractivity contribution in [1.29, 1.82) is 0 Å². The highest BCUT2D eigenvalue weighted by molar-refractivity contribution is 14.2. The van der Waals surface area contributed by atoms with E-state index in [0.29, 0.717) is 11.8 Å². The van der Waals surface area contributed by atoms with E-state index in [2.05, 4.69) is 36.7 Å². The molecule has 0 atom stereocenters. The van der Waals surface area contributed by atoms with Gasteiger partial charge in [-0.15, -0.1) is 0 Å². The molecule has 12 heavy (non-hydrogen) atoms. The molecule has 0 aromatic heterocycles. The molecule has 0 saturated heterocycles. The van der Waals surface area contributed by atoms with Crippen LogP contribution in [0.1, 0.15) is 27.7 Å². The summed E-state index contributed by atoms with van der Waals surface area (Å²) in [6.07, 6.45) is 2.04. The third kappa shape index (κ3) is 2.51. The Balaban J connectivity index is 2.76. The number of hydrogen-bond acceptors (Lipinski definition) is 1. The van der Waals surface area contributed by atoms with E-state index in [1.165, 1.54) is 9.29 Å². The van der Waals surface area contributed by atoms with Crippen LogP contribution in [0.25, 0.3) is 0 Å². The normalized spacial score (nSPS) is 17.5. The average molecular weight is 277 g/mol. The van der Waals surface area contributed by atoms with E-state index in [9.17, 15) is 0 Å². The Bertz CT molecular complexity index is 221. The maximum absolute atomic E-state index is 4.50. The van der Waals surface area contributed by atoms with E-state index in [-0.39, 0.29) is 20.7 Å². The lowest BCUT2D eigenvalue weighted by Gasteiger charge is -2.11. The summed E-state index contributed by atoms with van der Waals surface area (Å²) in [5.41, 5.74) is 1.42. The van der Waals surface area contributed by atoms with Crippen molar-refractivity contribution >= 4 is 28.5 Å². The van der Waals surface area contributed by atoms with Gasteiger partial charge in [0.1, 0.15) is 0 Å². The van der Waals surface area contributed by atoms with Gasteiger partial charge in [0.15, 0.2) is 0 Å². The summed E-state index contributed by atoms with van der Waals surface area (Å²) in [5, 5.41) is 0. The van der Waals surface area contributed by atoms with E-state index < -0.39 is 0 Å². The van der Waals surface area contributed by atoms with Gasteiger partial charge in [-0.3, -0.25) is 4.99 Å². The molecule has 0 N–H and O–H groups in total. The van der Waals surface area contributed by atoms with Crippen LogP contribution in [-0.4, -0.2) is 7.73 Å². The Morgan fingerprint density at radius 1 is 1.17 bits per heavy atom. The third-order valence-electron chi connectivity index (χ3n) is 1.77. The van der Waals surface area contributed by atoms with Crippen molar-refractivity contribution in [2.24, 2.45) is 16.8 Å². The highest BCUT2D eigenvalue weighted by Gasteiger charge is 2.07. The van der Waals surface area contributed by atoms with Crippen LogP contribution in [0.15, 0.2) is 16.8 Å². The summed E-state index contributed by atoms with van der Waals surface area (Å²) < 4.78 is 3.82. The third-order valence-corrected chi connectivity index (χ3v) is 4.97. The summed E-state index contributed by atoms with van der Waals surface area (Å²) >= 11 is 0.0915. The molecule has 1 aliphatic heterocycles. The monoisotopic (exact) mass is 277 g/mol. The molecular weight excluding hydrogens is 261 g/mol. The molecule has 0 unspecified atom stereocenters. The first-order chi connectivity index (χ1) is 5.61. The number of halogens is 1. The first kappa shape index (κ1) is 10.1. The highest BCUT2D eigenvalue weighted by atomic mass is 127. The maximum atomic E-state index is 4.50. The van der Waals surface area contributed by atoms with Crippen LogP contribution in [0.5, 0.6) is 0 Å². The van der Waals surface area contributed by atoms with Gasteiger partial charge in [-0.1, -0.05) is 48.4 Å². The number of rotatable bonds is 2. The average Bonchev–Trinajstić information content (AvgIpc) is 2.04. The second kappa shape index (κ2) is 4.30. The molecule has 1 heterocycles. The van der Waals surface area contributed by atoms with Crippen molar-refractivity contribution in [3.8, 4) is 0 Å². The van der Waals surface area contributed by atoms with Gasteiger partial charge in [-0.25, -0.2) is 0 Å². The van der Waals surface area contributed by atoms with Crippen LogP contribution < -0.4 is 0 Å². The second-order valence-corrected chi connectivity index (χ2v) is 5.96. The van der Waals surface area contributed by atoms with Crippen LogP contribution in [0, 0.1) is 11.8 Å². The summed E-state index contributed by atoms with van der Waals surface area (Å²) in [4.78, 5) is 4.50. The molecule has 0 saturated carbocycles. The minimum absolute atomic E-state index is 0.0915. The van der Waals surface area contributed by atoms with Gasteiger partial charge in [-0.05, 0) is 15.5 Å². The largest absolute Gasteiger partial charge is 0.255 e. The lowest BCUT2D eigenvalue weighted by molar-refractivity contribution is 0.805. The van der Waals surface area contributed by atoms with Crippen LogP contribution in [-0.2, 0) is 0 Å². The minimum atomic E-state index is 0.0915. The van der Waals surface area contributed by atoms with Crippen molar-refractivity contribution in [3.63, 3.8) is 0 Å². The first-order valence-electron chi connectivity index (χ1n) is 4.35. The molecule has 2 heteroatoms. The lowest BCUT2D eigenvalue weighted by atomic mass is 10.1. The van der Waals surface area contributed by atoms with Gasteiger partial charge in [0.05, 0.1) is 3.72 Å². The quantitative estimate of drug-likeness (QED) is 0.686. The zero-order chi connectivity index (χ0) is 9.14. The molecule has 1 rings (SSSR count). The van der Waals surface area contributed by atoms with E-state index in [4.69, 9.17) is 0 Å². The molecule has 68 valence electrons. The van der Waals surface area contributed by atoms with Crippen LogP contribution in [0.2, 0.25) is 0 Å².